The Morgan fingerprint density at radius 2 is 1.85 bits per heavy atom. The molecule has 0 radical (unpaired) electrons. The summed E-state index contributed by atoms with van der Waals surface area (Å²) in [5.74, 6) is -0.551. The average Bonchev–Trinajstić information content (AvgIpc) is 2.96. The molecule has 0 atom stereocenters. The van der Waals surface area contributed by atoms with Crippen LogP contribution in [0, 0.1) is 19.7 Å². The maximum atomic E-state index is 13.1. The van der Waals surface area contributed by atoms with Crippen LogP contribution in [0.2, 0.25) is 0 Å². The lowest BCUT2D eigenvalue weighted by atomic mass is 10.2. The molecule has 7 heteroatoms. The van der Waals surface area contributed by atoms with Gasteiger partial charge in [-0.2, -0.15) is 10.2 Å². The number of halogens is 1. The van der Waals surface area contributed by atoms with E-state index >= 15 is 0 Å². The molecule has 1 heterocycles. The van der Waals surface area contributed by atoms with Gasteiger partial charge in [0.1, 0.15) is 5.82 Å². The van der Waals surface area contributed by atoms with Gasteiger partial charge in [0.05, 0.1) is 29.8 Å². The number of aryl methyl sites for hydroxylation is 1. The molecule has 0 aliphatic rings. The minimum Gasteiger partial charge on any atom is -0.376 e. The standard InChI is InChI=1S/C20H20FN5O/c1-14-19(15(2)26(25-14)18-10-8-16(21)9-11-18)12-23-24-20(27)13-22-17-6-4-3-5-7-17/h3-12,22H,13H2,1-2H3,(H,24,27)/b23-12-. The largest absolute Gasteiger partial charge is 0.376 e. The van der Waals surface area contributed by atoms with Gasteiger partial charge in [-0.15, -0.1) is 0 Å². The van der Waals surface area contributed by atoms with Gasteiger partial charge in [0, 0.05) is 11.3 Å². The first-order chi connectivity index (χ1) is 13.0. The molecule has 2 N–H and O–H groups in total. The topological polar surface area (TPSA) is 71.3 Å². The molecule has 0 aliphatic heterocycles. The lowest BCUT2D eigenvalue weighted by molar-refractivity contribution is -0.119. The Bertz CT molecular complexity index is 949. The Kier molecular flexibility index (Phi) is 5.61. The molecule has 0 unspecified atom stereocenters. The van der Waals surface area contributed by atoms with Crippen molar-refractivity contribution in [3.8, 4) is 5.69 Å². The summed E-state index contributed by atoms with van der Waals surface area (Å²) in [7, 11) is 0. The van der Waals surface area contributed by atoms with Gasteiger partial charge in [-0.3, -0.25) is 4.79 Å². The van der Waals surface area contributed by atoms with Crippen molar-refractivity contribution in [2.75, 3.05) is 11.9 Å². The molecule has 2 aromatic carbocycles. The van der Waals surface area contributed by atoms with E-state index in [1.165, 1.54) is 12.1 Å². The smallest absolute Gasteiger partial charge is 0.259 e. The number of para-hydroxylation sites is 1. The summed E-state index contributed by atoms with van der Waals surface area (Å²) in [6, 6.07) is 15.6. The molecular weight excluding hydrogens is 345 g/mol. The molecule has 0 spiro atoms. The molecule has 0 saturated carbocycles. The molecule has 6 nitrogen and oxygen atoms in total. The Morgan fingerprint density at radius 1 is 1.15 bits per heavy atom. The van der Waals surface area contributed by atoms with E-state index in [2.05, 4.69) is 20.9 Å². The van der Waals surface area contributed by atoms with Crippen molar-refractivity contribution < 1.29 is 9.18 Å². The molecule has 0 aliphatic carbocycles. The second kappa shape index (κ2) is 8.27. The van der Waals surface area contributed by atoms with E-state index in [1.807, 2.05) is 44.2 Å². The molecule has 1 aromatic heterocycles. The first kappa shape index (κ1) is 18.3. The third-order valence-electron chi connectivity index (χ3n) is 4.03. The zero-order valence-electron chi connectivity index (χ0n) is 15.1. The SMILES string of the molecule is Cc1nn(-c2ccc(F)cc2)c(C)c1/C=N\NC(=O)CNc1ccccc1. The van der Waals surface area contributed by atoms with Gasteiger partial charge in [0.15, 0.2) is 0 Å². The van der Waals surface area contributed by atoms with Crippen LogP contribution in [0.1, 0.15) is 17.0 Å². The van der Waals surface area contributed by atoms with E-state index in [0.29, 0.717) is 0 Å². The van der Waals surface area contributed by atoms with Gasteiger partial charge in [-0.1, -0.05) is 18.2 Å². The van der Waals surface area contributed by atoms with Gasteiger partial charge < -0.3 is 5.32 Å². The molecule has 0 saturated heterocycles. The molecular formula is C20H20FN5O. The monoisotopic (exact) mass is 365 g/mol. The molecule has 3 aromatic rings. The van der Waals surface area contributed by atoms with Crippen LogP contribution >= 0.6 is 0 Å². The fraction of sp³-hybridized carbons (Fsp3) is 0.150. The Hall–Kier alpha value is -3.48. The highest BCUT2D eigenvalue weighted by Gasteiger charge is 2.11. The third kappa shape index (κ3) is 4.58. The van der Waals surface area contributed by atoms with E-state index in [0.717, 1.165) is 28.3 Å². The third-order valence-corrected chi connectivity index (χ3v) is 4.03. The Balaban J connectivity index is 1.63. The van der Waals surface area contributed by atoms with E-state index < -0.39 is 0 Å². The first-order valence-corrected chi connectivity index (χ1v) is 8.47. The highest BCUT2D eigenvalue weighted by molar-refractivity contribution is 5.86. The fourth-order valence-corrected chi connectivity index (χ4v) is 2.62. The normalized spacial score (nSPS) is 10.9. The average molecular weight is 365 g/mol. The number of benzene rings is 2. The van der Waals surface area contributed by atoms with Crippen LogP contribution in [0.5, 0.6) is 0 Å². The van der Waals surface area contributed by atoms with Crippen molar-refractivity contribution in [1.29, 1.82) is 0 Å². The van der Waals surface area contributed by atoms with Crippen LogP contribution < -0.4 is 10.7 Å². The van der Waals surface area contributed by atoms with Crippen molar-refractivity contribution in [3.05, 3.63) is 77.4 Å². The predicted octanol–water partition coefficient (Wildman–Crippen LogP) is 3.19. The van der Waals surface area contributed by atoms with Crippen molar-refractivity contribution in [3.63, 3.8) is 0 Å². The van der Waals surface area contributed by atoms with E-state index in [9.17, 15) is 9.18 Å². The zero-order valence-corrected chi connectivity index (χ0v) is 15.1. The van der Waals surface area contributed by atoms with Gasteiger partial charge >= 0.3 is 0 Å². The first-order valence-electron chi connectivity index (χ1n) is 8.47. The van der Waals surface area contributed by atoms with Crippen LogP contribution in [0.3, 0.4) is 0 Å². The summed E-state index contributed by atoms with van der Waals surface area (Å²) in [4.78, 5) is 11.9. The summed E-state index contributed by atoms with van der Waals surface area (Å²) >= 11 is 0. The molecule has 3 rings (SSSR count). The lowest BCUT2D eigenvalue weighted by Crippen LogP contribution is -2.25. The van der Waals surface area contributed by atoms with Gasteiger partial charge in [-0.05, 0) is 50.2 Å². The van der Waals surface area contributed by atoms with Crippen molar-refractivity contribution in [2.24, 2.45) is 5.10 Å². The van der Waals surface area contributed by atoms with Crippen LogP contribution in [-0.4, -0.2) is 28.4 Å². The van der Waals surface area contributed by atoms with Gasteiger partial charge in [0.25, 0.3) is 5.91 Å². The second-order valence-corrected chi connectivity index (χ2v) is 5.99. The van der Waals surface area contributed by atoms with Crippen LogP contribution in [0.4, 0.5) is 10.1 Å². The fourth-order valence-electron chi connectivity index (χ4n) is 2.62. The number of nitrogens with one attached hydrogen (secondary N) is 2. The molecule has 0 fully saturated rings. The number of hydrazone groups is 1. The molecule has 1 amide bonds. The number of carbonyl (C=O) groups excluding carboxylic acids is 1. The second-order valence-electron chi connectivity index (χ2n) is 5.99. The van der Waals surface area contributed by atoms with Crippen LogP contribution in [-0.2, 0) is 4.79 Å². The van der Waals surface area contributed by atoms with E-state index in [1.54, 1.807) is 23.0 Å². The number of rotatable bonds is 6. The number of amides is 1. The van der Waals surface area contributed by atoms with Crippen LogP contribution in [0.15, 0.2) is 59.7 Å². The van der Waals surface area contributed by atoms with Crippen LogP contribution in [0.25, 0.3) is 5.69 Å². The summed E-state index contributed by atoms with van der Waals surface area (Å²) in [5.41, 5.74) is 6.53. The number of hydrogen-bond acceptors (Lipinski definition) is 4. The molecule has 0 bridgehead atoms. The summed E-state index contributed by atoms with van der Waals surface area (Å²) in [6.45, 7) is 3.87. The number of carbonyl (C=O) groups is 1. The summed E-state index contributed by atoms with van der Waals surface area (Å²) in [6.07, 6.45) is 1.57. The van der Waals surface area contributed by atoms with Gasteiger partial charge in [0.2, 0.25) is 0 Å². The van der Waals surface area contributed by atoms with Gasteiger partial charge in [-0.25, -0.2) is 14.5 Å². The number of hydrogen-bond donors (Lipinski definition) is 2. The summed E-state index contributed by atoms with van der Waals surface area (Å²) in [5, 5.41) is 11.5. The van der Waals surface area contributed by atoms with E-state index in [4.69, 9.17) is 0 Å². The minimum atomic E-state index is -0.297. The molecule has 27 heavy (non-hydrogen) atoms. The number of aromatic nitrogens is 2. The van der Waals surface area contributed by atoms with E-state index in [-0.39, 0.29) is 18.3 Å². The molecule has 138 valence electrons. The number of nitrogens with zero attached hydrogens (tertiary/aromatic N) is 3. The highest BCUT2D eigenvalue weighted by Crippen LogP contribution is 2.16. The van der Waals surface area contributed by atoms with Crippen molar-refractivity contribution >= 4 is 17.8 Å². The predicted molar refractivity (Wildman–Crippen MR) is 104 cm³/mol. The minimum absolute atomic E-state index is 0.119. The lowest BCUT2D eigenvalue weighted by Gasteiger charge is -2.05. The maximum Gasteiger partial charge on any atom is 0.259 e. The maximum absolute atomic E-state index is 13.1. The van der Waals surface area contributed by atoms with Crippen molar-refractivity contribution in [2.45, 2.75) is 13.8 Å². The Morgan fingerprint density at radius 3 is 2.56 bits per heavy atom. The zero-order chi connectivity index (χ0) is 19.2. The highest BCUT2D eigenvalue weighted by atomic mass is 19.1. The number of anilines is 1. The Labute approximate surface area is 156 Å². The van der Waals surface area contributed by atoms with Crippen molar-refractivity contribution in [1.82, 2.24) is 15.2 Å². The quantitative estimate of drug-likeness (QED) is 0.521. The summed E-state index contributed by atoms with van der Waals surface area (Å²) < 4.78 is 14.8.